The molecule has 2 heterocycles. The molecule has 0 bridgehead atoms. The van der Waals surface area contributed by atoms with Gasteiger partial charge >= 0.3 is 0 Å². The molecule has 0 N–H and O–H groups in total. The Labute approximate surface area is 130 Å². The lowest BCUT2D eigenvalue weighted by molar-refractivity contribution is 0.867. The van der Waals surface area contributed by atoms with Crippen LogP contribution in [0, 0.1) is 18.3 Å². The molecular formula is C19H19N3. The van der Waals surface area contributed by atoms with Crippen molar-refractivity contribution in [2.24, 2.45) is 0 Å². The molecule has 0 atom stereocenters. The zero-order valence-corrected chi connectivity index (χ0v) is 13.2. The van der Waals surface area contributed by atoms with Crippen molar-refractivity contribution in [1.29, 1.82) is 5.26 Å². The molecule has 0 aliphatic carbocycles. The molecular weight excluding hydrogens is 270 g/mol. The SMILES string of the molecule is Cc1ccc2nc(-c3ccc(C(C)C)cc3)c(CC#N)n2c1. The van der Waals surface area contributed by atoms with Gasteiger partial charge in [0.1, 0.15) is 5.65 Å². The molecule has 3 rings (SSSR count). The van der Waals surface area contributed by atoms with Crippen LogP contribution in [-0.2, 0) is 6.42 Å². The normalized spacial score (nSPS) is 11.0. The highest BCUT2D eigenvalue weighted by atomic mass is 15.0. The first kappa shape index (κ1) is 14.3. The van der Waals surface area contributed by atoms with E-state index in [1.807, 2.05) is 29.7 Å². The van der Waals surface area contributed by atoms with E-state index in [1.165, 1.54) is 5.56 Å². The Morgan fingerprint density at radius 1 is 1.14 bits per heavy atom. The number of rotatable bonds is 3. The monoisotopic (exact) mass is 289 g/mol. The third-order valence-electron chi connectivity index (χ3n) is 3.96. The average Bonchev–Trinajstić information content (AvgIpc) is 2.86. The smallest absolute Gasteiger partial charge is 0.137 e. The number of aromatic nitrogens is 2. The first-order valence-electron chi connectivity index (χ1n) is 7.55. The lowest BCUT2D eigenvalue weighted by Crippen LogP contribution is -1.94. The van der Waals surface area contributed by atoms with Crippen molar-refractivity contribution in [3.63, 3.8) is 0 Å². The van der Waals surface area contributed by atoms with Crippen molar-refractivity contribution >= 4 is 5.65 Å². The van der Waals surface area contributed by atoms with Crippen molar-refractivity contribution in [3.05, 3.63) is 59.4 Å². The van der Waals surface area contributed by atoms with Crippen molar-refractivity contribution in [3.8, 4) is 17.3 Å². The molecule has 0 saturated carbocycles. The molecule has 22 heavy (non-hydrogen) atoms. The summed E-state index contributed by atoms with van der Waals surface area (Å²) in [4.78, 5) is 4.73. The Kier molecular flexibility index (Phi) is 3.68. The van der Waals surface area contributed by atoms with Gasteiger partial charge in [0.25, 0.3) is 0 Å². The van der Waals surface area contributed by atoms with E-state index in [0.717, 1.165) is 28.2 Å². The molecule has 110 valence electrons. The predicted octanol–water partition coefficient (Wildman–Crippen LogP) is 4.50. The average molecular weight is 289 g/mol. The predicted molar refractivity (Wildman–Crippen MR) is 88.8 cm³/mol. The minimum atomic E-state index is 0.353. The van der Waals surface area contributed by atoms with E-state index < -0.39 is 0 Å². The van der Waals surface area contributed by atoms with Crippen LogP contribution in [0.3, 0.4) is 0 Å². The van der Waals surface area contributed by atoms with Gasteiger partial charge in [-0.1, -0.05) is 44.2 Å². The number of hydrogen-bond acceptors (Lipinski definition) is 2. The van der Waals surface area contributed by atoms with Crippen LogP contribution in [0.2, 0.25) is 0 Å². The maximum absolute atomic E-state index is 9.16. The van der Waals surface area contributed by atoms with Crippen LogP contribution in [0.4, 0.5) is 0 Å². The summed E-state index contributed by atoms with van der Waals surface area (Å²) in [6.07, 6.45) is 2.40. The molecule has 0 fully saturated rings. The third-order valence-corrected chi connectivity index (χ3v) is 3.96. The van der Waals surface area contributed by atoms with Gasteiger partial charge in [0, 0.05) is 11.8 Å². The van der Waals surface area contributed by atoms with Gasteiger partial charge < -0.3 is 4.40 Å². The van der Waals surface area contributed by atoms with E-state index >= 15 is 0 Å². The van der Waals surface area contributed by atoms with Gasteiger partial charge in [0.2, 0.25) is 0 Å². The standard InChI is InChI=1S/C19H19N3/c1-13(2)15-5-7-16(8-6-15)19-17(10-11-20)22-12-14(3)4-9-18(22)21-19/h4-9,12-13H,10H2,1-3H3. The minimum absolute atomic E-state index is 0.353. The number of fused-ring (bicyclic) bond motifs is 1. The number of hydrogen-bond donors (Lipinski definition) is 0. The first-order chi connectivity index (χ1) is 10.6. The van der Waals surface area contributed by atoms with Crippen LogP contribution in [0.5, 0.6) is 0 Å². The zero-order chi connectivity index (χ0) is 15.7. The van der Waals surface area contributed by atoms with E-state index in [2.05, 4.69) is 44.2 Å². The molecule has 3 heteroatoms. The number of imidazole rings is 1. The number of nitriles is 1. The van der Waals surface area contributed by atoms with Crippen LogP contribution >= 0.6 is 0 Å². The summed E-state index contributed by atoms with van der Waals surface area (Å²) in [5.41, 5.74) is 6.28. The van der Waals surface area contributed by atoms with Gasteiger partial charge in [-0.2, -0.15) is 5.26 Å². The van der Waals surface area contributed by atoms with Gasteiger partial charge in [0.05, 0.1) is 23.9 Å². The Hall–Kier alpha value is -2.60. The topological polar surface area (TPSA) is 41.1 Å². The second-order valence-electron chi connectivity index (χ2n) is 5.95. The van der Waals surface area contributed by atoms with Crippen molar-refractivity contribution in [2.75, 3.05) is 0 Å². The summed E-state index contributed by atoms with van der Waals surface area (Å²) in [5.74, 6) is 0.511. The number of aryl methyl sites for hydroxylation is 1. The molecule has 0 saturated heterocycles. The van der Waals surface area contributed by atoms with Gasteiger partial charge in [-0.15, -0.1) is 0 Å². The maximum Gasteiger partial charge on any atom is 0.137 e. The number of nitrogens with zero attached hydrogens (tertiary/aromatic N) is 3. The highest BCUT2D eigenvalue weighted by Crippen LogP contribution is 2.27. The molecule has 2 aromatic heterocycles. The van der Waals surface area contributed by atoms with Crippen LogP contribution in [0.25, 0.3) is 16.9 Å². The first-order valence-corrected chi connectivity index (χ1v) is 7.55. The van der Waals surface area contributed by atoms with Gasteiger partial charge in [-0.25, -0.2) is 4.98 Å². The Morgan fingerprint density at radius 2 is 1.86 bits per heavy atom. The molecule has 3 nitrogen and oxygen atoms in total. The van der Waals surface area contributed by atoms with Crippen LogP contribution in [0.1, 0.15) is 36.6 Å². The van der Waals surface area contributed by atoms with E-state index in [9.17, 15) is 0 Å². The minimum Gasteiger partial charge on any atom is -0.302 e. The summed E-state index contributed by atoms with van der Waals surface area (Å²) in [6, 6.07) is 14.8. The van der Waals surface area contributed by atoms with E-state index in [1.54, 1.807) is 0 Å². The fraction of sp³-hybridized carbons (Fsp3) is 0.263. The summed E-state index contributed by atoms with van der Waals surface area (Å²) in [7, 11) is 0. The molecule has 0 aliphatic rings. The fourth-order valence-electron chi connectivity index (χ4n) is 2.70. The molecule has 3 aromatic rings. The zero-order valence-electron chi connectivity index (χ0n) is 13.2. The summed E-state index contributed by atoms with van der Waals surface area (Å²) >= 11 is 0. The fourth-order valence-corrected chi connectivity index (χ4v) is 2.70. The van der Waals surface area contributed by atoms with Crippen molar-refractivity contribution < 1.29 is 0 Å². The molecule has 0 aliphatic heterocycles. The maximum atomic E-state index is 9.16. The van der Waals surface area contributed by atoms with Crippen LogP contribution in [-0.4, -0.2) is 9.38 Å². The van der Waals surface area contributed by atoms with Crippen molar-refractivity contribution in [2.45, 2.75) is 33.1 Å². The van der Waals surface area contributed by atoms with Gasteiger partial charge in [-0.05, 0) is 30.0 Å². The Bertz CT molecular complexity index is 849. The largest absolute Gasteiger partial charge is 0.302 e. The molecule has 0 amide bonds. The van der Waals surface area contributed by atoms with Crippen LogP contribution in [0.15, 0.2) is 42.6 Å². The number of benzene rings is 1. The molecule has 0 radical (unpaired) electrons. The Balaban J connectivity index is 2.17. The second kappa shape index (κ2) is 5.65. The third kappa shape index (κ3) is 2.48. The summed E-state index contributed by atoms with van der Waals surface area (Å²) < 4.78 is 2.03. The van der Waals surface area contributed by atoms with E-state index in [0.29, 0.717) is 12.3 Å². The van der Waals surface area contributed by atoms with Crippen LogP contribution < -0.4 is 0 Å². The summed E-state index contributed by atoms with van der Waals surface area (Å²) in [5, 5.41) is 9.16. The second-order valence-corrected chi connectivity index (χ2v) is 5.95. The Morgan fingerprint density at radius 3 is 2.50 bits per heavy atom. The van der Waals surface area contributed by atoms with E-state index in [-0.39, 0.29) is 0 Å². The van der Waals surface area contributed by atoms with E-state index in [4.69, 9.17) is 10.2 Å². The van der Waals surface area contributed by atoms with Gasteiger partial charge in [0.15, 0.2) is 0 Å². The highest BCUT2D eigenvalue weighted by molar-refractivity contribution is 5.67. The van der Waals surface area contributed by atoms with Gasteiger partial charge in [-0.3, -0.25) is 0 Å². The molecule has 0 unspecified atom stereocenters. The summed E-state index contributed by atoms with van der Waals surface area (Å²) in [6.45, 7) is 6.42. The quantitative estimate of drug-likeness (QED) is 0.712. The number of pyridine rings is 1. The highest BCUT2D eigenvalue weighted by Gasteiger charge is 2.14. The van der Waals surface area contributed by atoms with Crippen molar-refractivity contribution in [1.82, 2.24) is 9.38 Å². The lowest BCUT2D eigenvalue weighted by Gasteiger charge is -2.06. The molecule has 1 aromatic carbocycles. The lowest BCUT2D eigenvalue weighted by atomic mass is 10.00. The molecule has 0 spiro atoms.